The summed E-state index contributed by atoms with van der Waals surface area (Å²) in [6.45, 7) is 1.90. The number of amides is 4. The second-order valence-corrected chi connectivity index (χ2v) is 6.85. The lowest BCUT2D eigenvalue weighted by Crippen LogP contribution is -2.42. The number of hydrogen-bond donors (Lipinski definition) is 4. The molecule has 4 amide bonds. The van der Waals surface area contributed by atoms with Crippen molar-refractivity contribution in [1.29, 1.82) is 0 Å². The molecule has 0 unspecified atom stereocenters. The molecule has 0 aliphatic carbocycles. The van der Waals surface area contributed by atoms with Crippen molar-refractivity contribution < 1.29 is 23.9 Å². The smallest absolute Gasteiger partial charge is 0.319 e. The average molecular weight is 450 g/mol. The number of anilines is 1. The van der Waals surface area contributed by atoms with Gasteiger partial charge in [0.05, 0.1) is 19.6 Å². The normalized spacial score (nSPS) is 10.8. The van der Waals surface area contributed by atoms with Gasteiger partial charge in [-0.05, 0) is 30.7 Å². The maximum absolute atomic E-state index is 12.4. The fourth-order valence-electron chi connectivity index (χ4n) is 2.74. The van der Waals surface area contributed by atoms with E-state index in [2.05, 4.69) is 27.2 Å². The fraction of sp³-hybridized carbons (Fsp3) is 0.250. The van der Waals surface area contributed by atoms with Gasteiger partial charge in [0.1, 0.15) is 6.04 Å². The van der Waals surface area contributed by atoms with Gasteiger partial charge < -0.3 is 26.0 Å². The quantitative estimate of drug-likeness (QED) is 0.325. The Hall–Kier alpha value is -4.32. The van der Waals surface area contributed by atoms with Crippen LogP contribution in [-0.4, -0.2) is 43.0 Å². The number of ether oxygens (including phenoxy) is 1. The van der Waals surface area contributed by atoms with Crippen molar-refractivity contribution in [3.8, 4) is 12.3 Å². The van der Waals surface area contributed by atoms with Gasteiger partial charge in [0.25, 0.3) is 5.91 Å². The highest BCUT2D eigenvalue weighted by molar-refractivity contribution is 5.98. The summed E-state index contributed by atoms with van der Waals surface area (Å²) in [6.07, 6.45) is 5.16. The number of terminal acetylenes is 1. The largest absolute Gasteiger partial charge is 0.466 e. The van der Waals surface area contributed by atoms with E-state index in [9.17, 15) is 19.2 Å². The van der Waals surface area contributed by atoms with Gasteiger partial charge >= 0.3 is 12.0 Å². The van der Waals surface area contributed by atoms with Crippen molar-refractivity contribution >= 4 is 29.5 Å². The molecule has 2 rings (SSSR count). The van der Waals surface area contributed by atoms with Gasteiger partial charge in [-0.2, -0.15) is 0 Å². The Labute approximate surface area is 192 Å². The van der Waals surface area contributed by atoms with Crippen LogP contribution < -0.4 is 21.3 Å². The van der Waals surface area contributed by atoms with Crippen LogP contribution in [0.2, 0.25) is 0 Å². The van der Waals surface area contributed by atoms with Crippen LogP contribution in [0.3, 0.4) is 0 Å². The van der Waals surface area contributed by atoms with E-state index in [1.807, 2.05) is 30.3 Å². The molecule has 0 aliphatic heterocycles. The van der Waals surface area contributed by atoms with E-state index in [0.717, 1.165) is 5.56 Å². The Morgan fingerprint density at radius 2 is 1.79 bits per heavy atom. The Morgan fingerprint density at radius 1 is 1.03 bits per heavy atom. The van der Waals surface area contributed by atoms with Crippen molar-refractivity contribution in [2.45, 2.75) is 25.9 Å². The standard InChI is InChI=1S/C24H26N4O5/c1-3-19(14-22(30)33-4-2)27-21(29)16-25-23(31)18-11-8-12-20(13-18)28-24(32)26-15-17-9-6-5-7-10-17/h1,5-13,19H,4,14-16H2,2H3,(H,25,31)(H,27,29)(H2,26,28,32)/t19-/m1/s1. The van der Waals surface area contributed by atoms with Gasteiger partial charge in [-0.25, -0.2) is 4.79 Å². The molecule has 0 bridgehead atoms. The van der Waals surface area contributed by atoms with Crippen molar-refractivity contribution in [2.24, 2.45) is 0 Å². The molecule has 0 spiro atoms. The summed E-state index contributed by atoms with van der Waals surface area (Å²) in [5.41, 5.74) is 1.62. The second-order valence-electron chi connectivity index (χ2n) is 6.85. The first kappa shape index (κ1) is 24.9. The molecule has 0 saturated carbocycles. The summed E-state index contributed by atoms with van der Waals surface area (Å²) < 4.78 is 4.80. The summed E-state index contributed by atoms with van der Waals surface area (Å²) >= 11 is 0. The molecule has 0 aromatic heterocycles. The zero-order valence-corrected chi connectivity index (χ0v) is 18.2. The van der Waals surface area contributed by atoms with Gasteiger partial charge in [0.2, 0.25) is 5.91 Å². The third-order valence-electron chi connectivity index (χ3n) is 4.30. The maximum Gasteiger partial charge on any atom is 0.319 e. The maximum atomic E-state index is 12.4. The highest BCUT2D eigenvalue weighted by Gasteiger charge is 2.16. The summed E-state index contributed by atoms with van der Waals surface area (Å²) in [4.78, 5) is 48.0. The number of urea groups is 1. The topological polar surface area (TPSA) is 126 Å². The van der Waals surface area contributed by atoms with Gasteiger partial charge in [-0.1, -0.05) is 42.3 Å². The highest BCUT2D eigenvalue weighted by Crippen LogP contribution is 2.10. The predicted octanol–water partition coefficient (Wildman–Crippen LogP) is 1.81. The molecule has 2 aromatic rings. The monoisotopic (exact) mass is 450 g/mol. The van der Waals surface area contributed by atoms with E-state index in [-0.39, 0.29) is 25.1 Å². The first-order chi connectivity index (χ1) is 15.9. The fourth-order valence-corrected chi connectivity index (χ4v) is 2.74. The van der Waals surface area contributed by atoms with Gasteiger partial charge in [-0.3, -0.25) is 14.4 Å². The van der Waals surface area contributed by atoms with Gasteiger partial charge in [0.15, 0.2) is 0 Å². The van der Waals surface area contributed by atoms with Crippen LogP contribution in [0, 0.1) is 12.3 Å². The number of hydrogen-bond acceptors (Lipinski definition) is 5. The minimum absolute atomic E-state index is 0.163. The number of nitrogens with one attached hydrogen (secondary N) is 4. The van der Waals surface area contributed by atoms with E-state index >= 15 is 0 Å². The Kier molecular flexibility index (Phi) is 9.95. The van der Waals surface area contributed by atoms with Crippen LogP contribution in [0.5, 0.6) is 0 Å². The van der Waals surface area contributed by atoms with E-state index in [1.54, 1.807) is 25.1 Å². The summed E-state index contributed by atoms with van der Waals surface area (Å²) in [7, 11) is 0. The van der Waals surface area contributed by atoms with E-state index in [0.29, 0.717) is 12.2 Å². The van der Waals surface area contributed by atoms with Gasteiger partial charge in [0, 0.05) is 17.8 Å². The molecule has 0 aliphatic rings. The molecule has 0 fully saturated rings. The minimum atomic E-state index is -0.838. The molecule has 33 heavy (non-hydrogen) atoms. The van der Waals surface area contributed by atoms with Crippen LogP contribution >= 0.6 is 0 Å². The lowest BCUT2D eigenvalue weighted by atomic mass is 10.2. The number of carbonyl (C=O) groups excluding carboxylic acids is 4. The first-order valence-electron chi connectivity index (χ1n) is 10.3. The summed E-state index contributed by atoms with van der Waals surface area (Å²) in [6, 6.07) is 14.5. The highest BCUT2D eigenvalue weighted by atomic mass is 16.5. The summed E-state index contributed by atoms with van der Waals surface area (Å²) in [5, 5.41) is 10.3. The number of carbonyl (C=O) groups is 4. The van der Waals surface area contributed by atoms with Crippen molar-refractivity contribution in [3.63, 3.8) is 0 Å². The van der Waals surface area contributed by atoms with Crippen LogP contribution in [0.15, 0.2) is 54.6 Å². The molecule has 0 saturated heterocycles. The number of esters is 1. The van der Waals surface area contributed by atoms with Crippen molar-refractivity contribution in [3.05, 3.63) is 65.7 Å². The molecular weight excluding hydrogens is 424 g/mol. The first-order valence-corrected chi connectivity index (χ1v) is 10.3. The van der Waals surface area contributed by atoms with Crippen LogP contribution in [0.25, 0.3) is 0 Å². The third-order valence-corrected chi connectivity index (χ3v) is 4.30. The SMILES string of the molecule is C#C[C@H](CC(=O)OCC)NC(=O)CNC(=O)c1cccc(NC(=O)NCc2ccccc2)c1. The molecule has 2 aromatic carbocycles. The lowest BCUT2D eigenvalue weighted by molar-refractivity contribution is -0.143. The molecule has 9 heteroatoms. The van der Waals surface area contributed by atoms with Gasteiger partial charge in [-0.15, -0.1) is 6.42 Å². The number of benzene rings is 2. The Balaban J connectivity index is 1.82. The third kappa shape index (κ3) is 9.14. The Bertz CT molecular complexity index is 1020. The summed E-state index contributed by atoms with van der Waals surface area (Å²) in [5.74, 6) is 0.707. The Morgan fingerprint density at radius 3 is 2.48 bits per heavy atom. The molecule has 0 heterocycles. The second kappa shape index (κ2) is 13.2. The average Bonchev–Trinajstić information content (AvgIpc) is 2.81. The lowest BCUT2D eigenvalue weighted by Gasteiger charge is -2.13. The molecule has 4 N–H and O–H groups in total. The van der Waals surface area contributed by atoms with Crippen molar-refractivity contribution in [1.82, 2.24) is 16.0 Å². The van der Waals surface area contributed by atoms with Crippen molar-refractivity contribution in [2.75, 3.05) is 18.5 Å². The zero-order chi connectivity index (χ0) is 24.1. The van der Waals surface area contributed by atoms with Crippen LogP contribution in [-0.2, 0) is 20.9 Å². The molecule has 172 valence electrons. The molecule has 0 radical (unpaired) electrons. The molecular formula is C24H26N4O5. The van der Waals surface area contributed by atoms with Crippen LogP contribution in [0.1, 0.15) is 29.3 Å². The van der Waals surface area contributed by atoms with E-state index in [1.165, 1.54) is 6.07 Å². The van der Waals surface area contributed by atoms with E-state index in [4.69, 9.17) is 11.2 Å². The zero-order valence-electron chi connectivity index (χ0n) is 18.2. The van der Waals surface area contributed by atoms with Crippen LogP contribution in [0.4, 0.5) is 10.5 Å². The van der Waals surface area contributed by atoms with E-state index < -0.39 is 29.9 Å². The predicted molar refractivity (Wildman–Crippen MR) is 123 cm³/mol. The molecule has 9 nitrogen and oxygen atoms in total. The number of rotatable bonds is 10. The minimum Gasteiger partial charge on any atom is -0.466 e. The molecule has 1 atom stereocenters.